The van der Waals surface area contributed by atoms with Crippen molar-refractivity contribution in [2.24, 2.45) is 0 Å². The first-order valence-electron chi connectivity index (χ1n) is 7.15. The minimum Gasteiger partial charge on any atom is -0.481 e. The summed E-state index contributed by atoms with van der Waals surface area (Å²) in [6.07, 6.45) is 2.16. The van der Waals surface area contributed by atoms with Gasteiger partial charge in [-0.1, -0.05) is 23.9 Å². The van der Waals surface area contributed by atoms with Gasteiger partial charge in [0.2, 0.25) is 0 Å². The Morgan fingerprint density at radius 1 is 1.38 bits per heavy atom. The number of aromatic nitrogens is 2. The van der Waals surface area contributed by atoms with E-state index in [1.807, 2.05) is 18.2 Å². The number of hydrogen-bond acceptors (Lipinski definition) is 4. The van der Waals surface area contributed by atoms with Gasteiger partial charge in [-0.2, -0.15) is 0 Å². The van der Waals surface area contributed by atoms with E-state index in [9.17, 15) is 4.79 Å². The van der Waals surface area contributed by atoms with E-state index in [2.05, 4.69) is 27.6 Å². The number of fused-ring (bicyclic) bond motifs is 1. The van der Waals surface area contributed by atoms with Crippen LogP contribution in [0.15, 0.2) is 29.4 Å². The molecule has 2 heterocycles. The molecule has 6 heteroatoms. The monoisotopic (exact) mass is 305 g/mol. The summed E-state index contributed by atoms with van der Waals surface area (Å²) < 4.78 is 2.25. The zero-order chi connectivity index (χ0) is 14.8. The largest absolute Gasteiger partial charge is 0.481 e. The molecule has 1 N–H and O–H groups in total. The van der Waals surface area contributed by atoms with Gasteiger partial charge in [-0.3, -0.25) is 4.79 Å². The summed E-state index contributed by atoms with van der Waals surface area (Å²) in [7, 11) is 2.14. The predicted octanol–water partition coefficient (Wildman–Crippen LogP) is 2.48. The molecule has 1 aromatic carbocycles. The fourth-order valence-electron chi connectivity index (χ4n) is 2.86. The van der Waals surface area contributed by atoms with E-state index in [4.69, 9.17) is 5.11 Å². The number of carboxylic acids is 1. The number of likely N-dealkylation sites (tertiary alicyclic amines) is 1. The quantitative estimate of drug-likeness (QED) is 0.879. The molecule has 1 aliphatic rings. The van der Waals surface area contributed by atoms with Crippen LogP contribution in [0.4, 0.5) is 0 Å². The number of imidazole rings is 1. The fraction of sp³-hybridized carbons (Fsp3) is 0.467. The number of piperidine rings is 1. The maximum Gasteiger partial charge on any atom is 0.313 e. The van der Waals surface area contributed by atoms with Crippen LogP contribution < -0.4 is 0 Å². The SMILES string of the molecule is CN1CCC(n2c(SCC(=O)O)nc3ccccc32)CC1. The Balaban J connectivity index is 1.96. The third-order valence-electron chi connectivity index (χ3n) is 3.94. The Hall–Kier alpha value is -1.53. The molecule has 1 fully saturated rings. The molecule has 0 unspecified atom stereocenters. The second kappa shape index (κ2) is 6.07. The highest BCUT2D eigenvalue weighted by molar-refractivity contribution is 7.99. The number of nitrogens with zero attached hydrogens (tertiary/aromatic N) is 3. The van der Waals surface area contributed by atoms with Gasteiger partial charge in [0.25, 0.3) is 0 Å². The van der Waals surface area contributed by atoms with Gasteiger partial charge < -0.3 is 14.6 Å². The first-order valence-corrected chi connectivity index (χ1v) is 8.14. The van der Waals surface area contributed by atoms with Crippen LogP contribution >= 0.6 is 11.8 Å². The normalized spacial score (nSPS) is 17.4. The first-order chi connectivity index (χ1) is 10.1. The summed E-state index contributed by atoms with van der Waals surface area (Å²) in [5, 5.41) is 9.75. The summed E-state index contributed by atoms with van der Waals surface area (Å²) in [4.78, 5) is 17.8. The maximum absolute atomic E-state index is 10.9. The van der Waals surface area contributed by atoms with Crippen molar-refractivity contribution in [3.8, 4) is 0 Å². The molecule has 3 rings (SSSR count). The third-order valence-corrected chi connectivity index (χ3v) is 4.88. The van der Waals surface area contributed by atoms with Crippen molar-refractivity contribution in [2.45, 2.75) is 24.0 Å². The Kier molecular flexibility index (Phi) is 4.17. The molecule has 0 spiro atoms. The van der Waals surface area contributed by atoms with Gasteiger partial charge in [-0.15, -0.1) is 0 Å². The van der Waals surface area contributed by atoms with Gasteiger partial charge in [0.05, 0.1) is 16.8 Å². The zero-order valence-electron chi connectivity index (χ0n) is 12.0. The standard InChI is InChI=1S/C15H19N3O2S/c1-17-8-6-11(7-9-17)18-13-5-3-2-4-12(13)16-15(18)21-10-14(19)20/h2-5,11H,6-10H2,1H3,(H,19,20). The van der Waals surface area contributed by atoms with E-state index >= 15 is 0 Å². The molecule has 2 aromatic rings. The lowest BCUT2D eigenvalue weighted by Gasteiger charge is -2.31. The van der Waals surface area contributed by atoms with Gasteiger partial charge in [0.15, 0.2) is 5.16 Å². The van der Waals surface area contributed by atoms with Crippen LogP contribution in [0.25, 0.3) is 11.0 Å². The van der Waals surface area contributed by atoms with Gasteiger partial charge in [0.1, 0.15) is 0 Å². The molecule has 112 valence electrons. The maximum atomic E-state index is 10.9. The number of aliphatic carboxylic acids is 1. The summed E-state index contributed by atoms with van der Waals surface area (Å²) >= 11 is 1.31. The number of rotatable bonds is 4. The molecular weight excluding hydrogens is 286 g/mol. The van der Waals surface area contributed by atoms with Gasteiger partial charge in [-0.25, -0.2) is 4.98 Å². The van der Waals surface area contributed by atoms with Crippen molar-refractivity contribution in [3.05, 3.63) is 24.3 Å². The molecule has 0 radical (unpaired) electrons. The predicted molar refractivity (Wildman–Crippen MR) is 83.9 cm³/mol. The van der Waals surface area contributed by atoms with E-state index in [-0.39, 0.29) is 5.75 Å². The minimum atomic E-state index is -0.804. The molecule has 0 atom stereocenters. The Labute approximate surface area is 128 Å². The second-order valence-corrected chi connectivity index (χ2v) is 6.41. The molecule has 1 aromatic heterocycles. The van der Waals surface area contributed by atoms with Crippen LogP contribution in [-0.2, 0) is 4.79 Å². The third kappa shape index (κ3) is 3.06. The van der Waals surface area contributed by atoms with Gasteiger partial charge in [-0.05, 0) is 45.1 Å². The molecular formula is C15H19N3O2S. The summed E-state index contributed by atoms with van der Waals surface area (Å²) in [6.45, 7) is 2.14. The Morgan fingerprint density at radius 2 is 2.10 bits per heavy atom. The summed E-state index contributed by atoms with van der Waals surface area (Å²) in [5.74, 6) is -0.752. The zero-order valence-corrected chi connectivity index (χ0v) is 12.8. The molecule has 5 nitrogen and oxygen atoms in total. The molecule has 21 heavy (non-hydrogen) atoms. The van der Waals surface area contributed by atoms with Crippen molar-refractivity contribution in [2.75, 3.05) is 25.9 Å². The number of carbonyl (C=O) groups is 1. The molecule has 0 aliphatic carbocycles. The highest BCUT2D eigenvalue weighted by atomic mass is 32.2. The lowest BCUT2D eigenvalue weighted by molar-refractivity contribution is -0.133. The van der Waals surface area contributed by atoms with Crippen molar-refractivity contribution in [3.63, 3.8) is 0 Å². The van der Waals surface area contributed by atoms with Crippen LogP contribution in [0.1, 0.15) is 18.9 Å². The average Bonchev–Trinajstić information content (AvgIpc) is 2.84. The van der Waals surface area contributed by atoms with Crippen LogP contribution in [0.3, 0.4) is 0 Å². The van der Waals surface area contributed by atoms with Crippen molar-refractivity contribution in [1.29, 1.82) is 0 Å². The van der Waals surface area contributed by atoms with Crippen molar-refractivity contribution < 1.29 is 9.90 Å². The average molecular weight is 305 g/mol. The molecule has 0 saturated carbocycles. The number of para-hydroxylation sites is 2. The van der Waals surface area contributed by atoms with Crippen molar-refractivity contribution >= 4 is 28.8 Å². The van der Waals surface area contributed by atoms with Gasteiger partial charge >= 0.3 is 5.97 Å². The second-order valence-electron chi connectivity index (χ2n) is 5.47. The number of benzene rings is 1. The molecule has 0 amide bonds. The van der Waals surface area contributed by atoms with Gasteiger partial charge in [0, 0.05) is 6.04 Å². The lowest BCUT2D eigenvalue weighted by Crippen LogP contribution is -2.31. The van der Waals surface area contributed by atoms with Crippen LogP contribution in [0, 0.1) is 0 Å². The highest BCUT2D eigenvalue weighted by Crippen LogP contribution is 2.32. The van der Waals surface area contributed by atoms with E-state index in [0.717, 1.165) is 42.1 Å². The minimum absolute atomic E-state index is 0.0515. The lowest BCUT2D eigenvalue weighted by atomic mass is 10.1. The van der Waals surface area contributed by atoms with E-state index < -0.39 is 5.97 Å². The van der Waals surface area contributed by atoms with E-state index in [0.29, 0.717) is 6.04 Å². The van der Waals surface area contributed by atoms with Crippen LogP contribution in [-0.4, -0.2) is 51.4 Å². The van der Waals surface area contributed by atoms with Crippen molar-refractivity contribution in [1.82, 2.24) is 14.5 Å². The summed E-state index contributed by atoms with van der Waals surface area (Å²) in [5.41, 5.74) is 2.06. The molecule has 1 aliphatic heterocycles. The number of hydrogen-bond donors (Lipinski definition) is 1. The Bertz CT molecular complexity index is 647. The topological polar surface area (TPSA) is 58.4 Å². The summed E-state index contributed by atoms with van der Waals surface area (Å²) in [6, 6.07) is 8.46. The van der Waals surface area contributed by atoms with E-state index in [1.165, 1.54) is 11.8 Å². The molecule has 0 bridgehead atoms. The smallest absolute Gasteiger partial charge is 0.313 e. The number of carboxylic acid groups (broad SMARTS) is 1. The fourth-order valence-corrected chi connectivity index (χ4v) is 3.66. The Morgan fingerprint density at radius 3 is 2.81 bits per heavy atom. The van der Waals surface area contributed by atoms with E-state index in [1.54, 1.807) is 0 Å². The number of thioether (sulfide) groups is 1. The first kappa shape index (κ1) is 14.4. The highest BCUT2D eigenvalue weighted by Gasteiger charge is 2.23. The molecule has 1 saturated heterocycles. The van der Waals surface area contributed by atoms with Crippen LogP contribution in [0.2, 0.25) is 0 Å². The van der Waals surface area contributed by atoms with Crippen LogP contribution in [0.5, 0.6) is 0 Å².